The number of rotatable bonds is 6. The third kappa shape index (κ3) is 5.83. The van der Waals surface area contributed by atoms with Crippen molar-refractivity contribution in [1.82, 2.24) is 0 Å². The molecule has 3 saturated carbocycles. The van der Waals surface area contributed by atoms with Gasteiger partial charge in [0.15, 0.2) is 0 Å². The molecule has 3 aliphatic carbocycles. The van der Waals surface area contributed by atoms with Crippen LogP contribution in [0, 0.1) is 41.3 Å². The van der Waals surface area contributed by atoms with E-state index in [9.17, 15) is 9.18 Å². The van der Waals surface area contributed by atoms with Crippen molar-refractivity contribution >= 4 is 17.6 Å². The second-order valence-electron chi connectivity index (χ2n) is 10.5. The summed E-state index contributed by atoms with van der Waals surface area (Å²) in [7, 11) is 0. The lowest BCUT2D eigenvalue weighted by molar-refractivity contribution is -0.140. The molecule has 3 fully saturated rings. The van der Waals surface area contributed by atoms with Gasteiger partial charge in [0.25, 0.3) is 0 Å². The fraction of sp³-hybridized carbons (Fsp3) is 0.741. The molecule has 0 amide bonds. The Kier molecular flexibility index (Phi) is 7.96. The van der Waals surface area contributed by atoms with Crippen LogP contribution in [0.2, 0.25) is 5.02 Å². The van der Waals surface area contributed by atoms with Crippen molar-refractivity contribution in [3.05, 3.63) is 29.0 Å². The topological polar surface area (TPSA) is 26.3 Å². The average molecular weight is 449 g/mol. The van der Waals surface area contributed by atoms with Gasteiger partial charge < -0.3 is 4.74 Å². The summed E-state index contributed by atoms with van der Waals surface area (Å²) in [6.45, 7) is 2.31. The summed E-state index contributed by atoms with van der Waals surface area (Å²) in [6, 6.07) is 4.19. The summed E-state index contributed by atoms with van der Waals surface area (Å²) in [5.74, 6) is 4.00. The lowest BCUT2D eigenvalue weighted by Crippen LogP contribution is -2.35. The SMILES string of the molecule is CCCCC1CCC2CC(C3CCC(C(=O)Oc4ccc(Cl)c(F)c4)CC3)CCC2C1. The third-order valence-corrected chi connectivity index (χ3v) is 8.92. The maximum absolute atomic E-state index is 13.6. The molecule has 4 rings (SSSR count). The predicted octanol–water partition coefficient (Wildman–Crippen LogP) is 8.21. The fourth-order valence-electron chi connectivity index (χ4n) is 6.77. The molecule has 31 heavy (non-hydrogen) atoms. The van der Waals surface area contributed by atoms with Crippen LogP contribution in [0.15, 0.2) is 18.2 Å². The van der Waals surface area contributed by atoms with Crippen LogP contribution in [-0.4, -0.2) is 5.97 Å². The number of hydrogen-bond donors (Lipinski definition) is 0. The number of hydrogen-bond acceptors (Lipinski definition) is 2. The van der Waals surface area contributed by atoms with E-state index in [1.54, 1.807) is 6.07 Å². The molecule has 0 radical (unpaired) electrons. The molecular weight excluding hydrogens is 411 g/mol. The molecule has 0 aromatic heterocycles. The number of fused-ring (bicyclic) bond motifs is 1. The molecule has 172 valence electrons. The Labute approximate surface area is 192 Å². The largest absolute Gasteiger partial charge is 0.426 e. The van der Waals surface area contributed by atoms with Crippen molar-refractivity contribution in [1.29, 1.82) is 0 Å². The Morgan fingerprint density at radius 2 is 1.61 bits per heavy atom. The standard InChI is InChI=1S/C27H38ClFO2/c1-2-3-4-18-5-6-23-16-22(12-11-21(23)15-18)19-7-9-20(10-8-19)27(30)31-24-13-14-25(28)26(29)17-24/h13-14,17-23H,2-12,15-16H2,1H3. The van der Waals surface area contributed by atoms with Gasteiger partial charge in [0, 0.05) is 6.07 Å². The zero-order valence-corrected chi connectivity index (χ0v) is 19.7. The van der Waals surface area contributed by atoms with Crippen LogP contribution in [0.5, 0.6) is 5.75 Å². The molecule has 3 aliphatic rings. The van der Waals surface area contributed by atoms with Crippen molar-refractivity contribution in [2.24, 2.45) is 35.5 Å². The first-order valence-electron chi connectivity index (χ1n) is 12.7. The van der Waals surface area contributed by atoms with Crippen LogP contribution in [0.3, 0.4) is 0 Å². The summed E-state index contributed by atoms with van der Waals surface area (Å²) in [5.41, 5.74) is 0. The minimum absolute atomic E-state index is 0.0458. The van der Waals surface area contributed by atoms with E-state index < -0.39 is 5.82 Å². The normalized spacial score (nSPS) is 33.5. The molecule has 0 N–H and O–H groups in total. The van der Waals surface area contributed by atoms with Crippen LogP contribution in [0.4, 0.5) is 4.39 Å². The Morgan fingerprint density at radius 3 is 2.32 bits per heavy atom. The average Bonchev–Trinajstić information content (AvgIpc) is 2.79. The van der Waals surface area contributed by atoms with Crippen LogP contribution >= 0.6 is 11.6 Å². The van der Waals surface area contributed by atoms with E-state index in [4.69, 9.17) is 16.3 Å². The minimum atomic E-state index is -0.550. The van der Waals surface area contributed by atoms with Crippen LogP contribution in [0.1, 0.15) is 90.4 Å². The van der Waals surface area contributed by atoms with E-state index in [0.717, 1.165) is 55.3 Å². The predicted molar refractivity (Wildman–Crippen MR) is 124 cm³/mol. The Bertz CT molecular complexity index is 743. The first-order chi connectivity index (χ1) is 15.0. The monoisotopic (exact) mass is 448 g/mol. The molecule has 4 atom stereocenters. The number of esters is 1. The van der Waals surface area contributed by atoms with Crippen molar-refractivity contribution < 1.29 is 13.9 Å². The second-order valence-corrected chi connectivity index (χ2v) is 10.9. The molecule has 1 aromatic rings. The maximum atomic E-state index is 13.6. The quantitative estimate of drug-likeness (QED) is 0.323. The molecule has 4 unspecified atom stereocenters. The first kappa shape index (κ1) is 23.1. The highest BCUT2D eigenvalue weighted by Gasteiger charge is 2.39. The van der Waals surface area contributed by atoms with Gasteiger partial charge in [0.1, 0.15) is 11.6 Å². The highest BCUT2D eigenvalue weighted by Crippen LogP contribution is 2.49. The van der Waals surface area contributed by atoms with Crippen LogP contribution in [0.25, 0.3) is 0 Å². The number of ether oxygens (including phenoxy) is 1. The molecule has 0 bridgehead atoms. The number of carbonyl (C=O) groups excluding carboxylic acids is 1. The molecule has 2 nitrogen and oxygen atoms in total. The zero-order chi connectivity index (χ0) is 21.8. The molecule has 0 aliphatic heterocycles. The highest BCUT2D eigenvalue weighted by atomic mass is 35.5. The molecule has 0 saturated heterocycles. The van der Waals surface area contributed by atoms with Gasteiger partial charge in [-0.05, 0) is 99.5 Å². The lowest BCUT2D eigenvalue weighted by atomic mass is 9.60. The van der Waals surface area contributed by atoms with E-state index in [1.807, 2.05) is 0 Å². The van der Waals surface area contributed by atoms with Gasteiger partial charge in [0.05, 0.1) is 10.9 Å². The number of halogens is 2. The van der Waals surface area contributed by atoms with Crippen LogP contribution in [-0.2, 0) is 4.79 Å². The minimum Gasteiger partial charge on any atom is -0.426 e. The Balaban J connectivity index is 1.22. The van der Waals surface area contributed by atoms with E-state index in [-0.39, 0.29) is 22.7 Å². The Hall–Kier alpha value is -1.09. The van der Waals surface area contributed by atoms with Crippen molar-refractivity contribution in [3.8, 4) is 5.75 Å². The number of carbonyl (C=O) groups is 1. The van der Waals surface area contributed by atoms with Gasteiger partial charge in [-0.3, -0.25) is 4.79 Å². The second kappa shape index (κ2) is 10.7. The van der Waals surface area contributed by atoms with Crippen molar-refractivity contribution in [2.75, 3.05) is 0 Å². The van der Waals surface area contributed by atoms with E-state index in [1.165, 1.54) is 69.9 Å². The molecular formula is C27H38ClFO2. The van der Waals surface area contributed by atoms with Gasteiger partial charge in [-0.25, -0.2) is 4.39 Å². The zero-order valence-electron chi connectivity index (χ0n) is 19.0. The summed E-state index contributed by atoms with van der Waals surface area (Å²) < 4.78 is 19.0. The van der Waals surface area contributed by atoms with Gasteiger partial charge >= 0.3 is 5.97 Å². The van der Waals surface area contributed by atoms with Gasteiger partial charge in [-0.15, -0.1) is 0 Å². The Morgan fingerprint density at radius 1 is 0.968 bits per heavy atom. The van der Waals surface area contributed by atoms with E-state index in [0.29, 0.717) is 0 Å². The van der Waals surface area contributed by atoms with Crippen molar-refractivity contribution in [3.63, 3.8) is 0 Å². The van der Waals surface area contributed by atoms with Crippen molar-refractivity contribution in [2.45, 2.75) is 90.4 Å². The summed E-state index contributed by atoms with van der Waals surface area (Å²) in [4.78, 5) is 12.6. The molecule has 0 heterocycles. The molecule has 0 spiro atoms. The first-order valence-corrected chi connectivity index (χ1v) is 13.1. The maximum Gasteiger partial charge on any atom is 0.314 e. The smallest absolute Gasteiger partial charge is 0.314 e. The van der Waals surface area contributed by atoms with E-state index >= 15 is 0 Å². The van der Waals surface area contributed by atoms with Crippen LogP contribution < -0.4 is 4.74 Å². The summed E-state index contributed by atoms with van der Waals surface area (Å²) in [5, 5.41) is 0.0458. The van der Waals surface area contributed by atoms with Gasteiger partial charge in [-0.2, -0.15) is 0 Å². The fourth-order valence-corrected chi connectivity index (χ4v) is 6.89. The van der Waals surface area contributed by atoms with E-state index in [2.05, 4.69) is 6.92 Å². The summed E-state index contributed by atoms with van der Waals surface area (Å²) in [6.07, 6.45) is 16.9. The lowest BCUT2D eigenvalue weighted by Gasteiger charge is -2.45. The summed E-state index contributed by atoms with van der Waals surface area (Å²) >= 11 is 5.71. The molecule has 4 heteroatoms. The third-order valence-electron chi connectivity index (χ3n) is 8.61. The van der Waals surface area contributed by atoms with Gasteiger partial charge in [0.2, 0.25) is 0 Å². The highest BCUT2D eigenvalue weighted by molar-refractivity contribution is 6.30. The number of unbranched alkanes of at least 4 members (excludes halogenated alkanes) is 1. The van der Waals surface area contributed by atoms with Gasteiger partial charge in [-0.1, -0.05) is 44.2 Å². The molecule has 1 aromatic carbocycles. The number of benzene rings is 1.